The van der Waals surface area contributed by atoms with Crippen molar-refractivity contribution in [3.8, 4) is 5.75 Å². The van der Waals surface area contributed by atoms with Crippen molar-refractivity contribution in [2.75, 3.05) is 13.1 Å². The molecule has 2 aliphatic heterocycles. The Labute approximate surface area is 406 Å². The molecule has 25 heteroatoms. The summed E-state index contributed by atoms with van der Waals surface area (Å²) in [4.78, 5) is 135. The fourth-order valence-electron chi connectivity index (χ4n) is 7.23. The van der Waals surface area contributed by atoms with Crippen molar-refractivity contribution in [2.45, 2.75) is 136 Å². The molecule has 67 heavy (non-hydrogen) atoms. The molecule has 2 fully saturated rings. The summed E-state index contributed by atoms with van der Waals surface area (Å²) >= 11 is -2.21. The summed E-state index contributed by atoms with van der Waals surface area (Å²) in [6, 6.07) is -3.08. The first-order valence-corrected chi connectivity index (χ1v) is 32.7. The SMILES string of the molecule is CC[C@H](C)[C@@H]1NC(=O)[C@H](Cc2ccc(O)cc2)NC(=O)[C@@H](N)C[Te][Te]C[C@@H](C(=O)N2CCC[C@H]2C(=O)N[C@@H](CC(C)C)NCC(N)=O)NC(=O)[C@H](CC(N)=O)NC(=O)[C@H](CCC(N)=O)NC1=O. The van der Waals surface area contributed by atoms with Crippen LogP contribution in [0.4, 0.5) is 0 Å². The van der Waals surface area contributed by atoms with Crippen LogP contribution in [0.2, 0.25) is 8.94 Å². The Morgan fingerprint density at radius 1 is 0.791 bits per heavy atom. The molecule has 1 aromatic rings. The number of primary amides is 3. The zero-order chi connectivity index (χ0) is 50.0. The van der Waals surface area contributed by atoms with Gasteiger partial charge in [0.15, 0.2) is 0 Å². The van der Waals surface area contributed by atoms with Gasteiger partial charge in [0.05, 0.1) is 0 Å². The molecular weight excluding hydrogens is 1100 g/mol. The Morgan fingerprint density at radius 3 is 2.01 bits per heavy atom. The van der Waals surface area contributed by atoms with Crippen LogP contribution in [0.3, 0.4) is 0 Å². The second-order valence-electron chi connectivity index (χ2n) is 17.1. The summed E-state index contributed by atoms with van der Waals surface area (Å²) in [5, 5.41) is 28.7. The van der Waals surface area contributed by atoms with Gasteiger partial charge in [-0.25, -0.2) is 0 Å². The molecule has 2 aliphatic rings. The zero-order valence-electron chi connectivity index (χ0n) is 38.2. The molecule has 0 bridgehead atoms. The van der Waals surface area contributed by atoms with Gasteiger partial charge < -0.3 is 0 Å². The molecule has 10 amide bonds. The molecule has 16 N–H and O–H groups in total. The van der Waals surface area contributed by atoms with E-state index in [4.69, 9.17) is 22.9 Å². The van der Waals surface area contributed by atoms with E-state index in [0.717, 1.165) is 0 Å². The number of rotatable bonds is 17. The van der Waals surface area contributed by atoms with E-state index in [1.807, 2.05) is 13.8 Å². The van der Waals surface area contributed by atoms with Gasteiger partial charge in [-0.1, -0.05) is 0 Å². The van der Waals surface area contributed by atoms with Crippen molar-refractivity contribution in [3.05, 3.63) is 29.8 Å². The Kier molecular flexibility index (Phi) is 23.5. The van der Waals surface area contributed by atoms with Gasteiger partial charge in [0.1, 0.15) is 0 Å². The molecule has 0 unspecified atom stereocenters. The van der Waals surface area contributed by atoms with Gasteiger partial charge in [0.25, 0.3) is 0 Å². The minimum absolute atomic E-state index is 0.0239. The van der Waals surface area contributed by atoms with Crippen molar-refractivity contribution in [1.29, 1.82) is 0 Å². The van der Waals surface area contributed by atoms with Crippen LogP contribution in [-0.2, 0) is 54.4 Å². The van der Waals surface area contributed by atoms with Crippen molar-refractivity contribution in [1.82, 2.24) is 42.1 Å². The number of likely N-dealkylation sites (tertiary alicyclic amines) is 1. The molecule has 2 heterocycles. The van der Waals surface area contributed by atoms with E-state index in [1.165, 1.54) is 17.0 Å². The number of phenolic OH excluding ortho intramolecular Hbond substituents is 1. The van der Waals surface area contributed by atoms with E-state index in [9.17, 15) is 53.1 Å². The van der Waals surface area contributed by atoms with E-state index in [-0.39, 0.29) is 46.5 Å². The van der Waals surface area contributed by atoms with Gasteiger partial charge in [0, 0.05) is 0 Å². The number of carbonyl (C=O) groups excluding carboxylic acids is 10. The summed E-state index contributed by atoms with van der Waals surface area (Å²) in [5.74, 6) is -8.25. The standard InChI is InChI=1S/C42H66N12O11Te2/c1-5-22(4)35-41(64)48-26(12-13-31(44)56)37(60)50-28(17-32(45)57)38(61)51-29(42(65)54-14-6-7-30(54)40(63)52-34(15-21(2)3)47-18-33(46)58)20-67-66-19-25(43)36(59)49-27(39(62)53-35)16-23-8-10-24(55)11-9-23/h8-11,21-22,25-30,34-35,47,55H,5-7,12-20,43H2,1-4H3,(H2,44,56)(H2,45,57)(H2,46,58)(H,48,64)(H,49,59)(H,50,60)(H,51,61)(H,52,63)(H,53,62)/t22-,25-,26-,27-,28-,29-,30-,34-,35-/m0/s1. The molecule has 0 aliphatic carbocycles. The predicted molar refractivity (Wildman–Crippen MR) is 246 cm³/mol. The second kappa shape index (κ2) is 27.9. The van der Waals surface area contributed by atoms with Crippen molar-refractivity contribution in [3.63, 3.8) is 0 Å². The Bertz CT molecular complexity index is 1950. The molecule has 0 saturated carbocycles. The molecule has 0 aromatic heterocycles. The van der Waals surface area contributed by atoms with Gasteiger partial charge in [-0.05, 0) is 0 Å². The van der Waals surface area contributed by atoms with Crippen LogP contribution in [0.5, 0.6) is 5.75 Å². The van der Waals surface area contributed by atoms with E-state index in [0.29, 0.717) is 31.2 Å². The summed E-state index contributed by atoms with van der Waals surface area (Å²) in [6.45, 7) is 7.25. The number of hydrogen-bond donors (Lipinski definition) is 12. The molecule has 9 atom stereocenters. The fourth-order valence-corrected chi connectivity index (χ4v) is 18.8. The Hall–Kier alpha value is -4.78. The number of hydrogen-bond acceptors (Lipinski definition) is 13. The number of nitrogens with one attached hydrogen (secondary N) is 7. The first-order valence-electron chi connectivity index (χ1n) is 22.1. The number of amides is 10. The first kappa shape index (κ1) is 56.5. The van der Waals surface area contributed by atoms with Gasteiger partial charge in [-0.15, -0.1) is 0 Å². The Balaban J connectivity index is 2.05. The second-order valence-corrected chi connectivity index (χ2v) is 29.3. The van der Waals surface area contributed by atoms with Crippen molar-refractivity contribution < 1.29 is 53.1 Å². The Morgan fingerprint density at radius 2 is 1.40 bits per heavy atom. The van der Waals surface area contributed by atoms with Gasteiger partial charge in [-0.3, -0.25) is 0 Å². The van der Waals surface area contributed by atoms with E-state index < -0.39 is 160 Å². The summed E-state index contributed by atoms with van der Waals surface area (Å²) in [5.41, 5.74) is 23.2. The van der Waals surface area contributed by atoms with Crippen molar-refractivity contribution in [2.24, 2.45) is 34.8 Å². The van der Waals surface area contributed by atoms with E-state index in [1.54, 1.807) is 26.0 Å². The van der Waals surface area contributed by atoms with Crippen LogP contribution in [0, 0.1) is 11.8 Å². The van der Waals surface area contributed by atoms with Crippen LogP contribution in [0.15, 0.2) is 24.3 Å². The quantitative estimate of drug-likeness (QED) is 0.0519. The third kappa shape index (κ3) is 19.0. The number of nitrogens with zero attached hydrogens (tertiary/aromatic N) is 1. The van der Waals surface area contributed by atoms with Crippen LogP contribution < -0.4 is 60.2 Å². The van der Waals surface area contributed by atoms with Crippen LogP contribution >= 0.6 is 0 Å². The van der Waals surface area contributed by atoms with Crippen LogP contribution in [-0.4, -0.2) is 165 Å². The number of aromatic hydroxyl groups is 1. The van der Waals surface area contributed by atoms with Crippen LogP contribution in [0.25, 0.3) is 0 Å². The number of nitrogens with two attached hydrogens (primary N) is 4. The topological polar surface area (TPSA) is 382 Å². The third-order valence-electron chi connectivity index (χ3n) is 11.1. The summed E-state index contributed by atoms with van der Waals surface area (Å²) in [7, 11) is 0. The zero-order valence-corrected chi connectivity index (χ0v) is 42.8. The summed E-state index contributed by atoms with van der Waals surface area (Å²) in [6.07, 6.45) is -0.652. The molecule has 0 spiro atoms. The third-order valence-corrected chi connectivity index (χ3v) is 22.7. The van der Waals surface area contributed by atoms with E-state index in [2.05, 4.69) is 37.2 Å². The number of benzene rings is 1. The van der Waals surface area contributed by atoms with Crippen LogP contribution in [0.1, 0.15) is 78.2 Å². The average Bonchev–Trinajstić information content (AvgIpc) is 3.76. The molecule has 0 radical (unpaired) electrons. The molecule has 1 aromatic carbocycles. The maximum absolute atomic E-state index is 14.5. The van der Waals surface area contributed by atoms with E-state index >= 15 is 0 Å². The monoisotopic (exact) mass is 1170 g/mol. The van der Waals surface area contributed by atoms with Gasteiger partial charge in [-0.2, -0.15) is 0 Å². The molecule has 3 rings (SSSR count). The molecular formula is C42H66N12O11Te2. The van der Waals surface area contributed by atoms with Gasteiger partial charge >= 0.3 is 408 Å². The number of phenols is 1. The molecule has 23 nitrogen and oxygen atoms in total. The first-order chi connectivity index (χ1) is 31.6. The predicted octanol–water partition coefficient (Wildman–Crippen LogP) is -4.40. The minimum atomic E-state index is -1.68. The number of carbonyl (C=O) groups is 10. The maximum atomic E-state index is 14.5. The average molecular weight is 1170 g/mol. The fraction of sp³-hybridized carbons (Fsp3) is 0.619. The normalized spacial score (nSPS) is 24.8. The van der Waals surface area contributed by atoms with Gasteiger partial charge in [0.2, 0.25) is 0 Å². The molecule has 2 saturated heterocycles. The van der Waals surface area contributed by atoms with Crippen molar-refractivity contribution >= 4 is 93.2 Å². The molecule has 372 valence electrons. The summed E-state index contributed by atoms with van der Waals surface area (Å²) < 4.78 is 0.376.